The molecule has 0 aliphatic heterocycles. The van der Waals surface area contributed by atoms with Crippen molar-refractivity contribution in [1.29, 1.82) is 0 Å². The number of hydrogen-bond acceptors (Lipinski definition) is 3. The molecule has 2 rings (SSSR count). The van der Waals surface area contributed by atoms with E-state index in [0.29, 0.717) is 17.8 Å². The number of pyridine rings is 1. The Bertz CT molecular complexity index is 627. The van der Waals surface area contributed by atoms with E-state index in [4.69, 9.17) is 5.73 Å². The zero-order chi connectivity index (χ0) is 13.5. The number of carbonyl (C=O) groups is 1. The molecule has 1 aromatic heterocycles. The number of nitrogens with zero attached hydrogens (tertiary/aromatic N) is 1. The number of nitrogens with one attached hydrogen (secondary N) is 1. The molecule has 0 aliphatic rings. The molecule has 1 aromatic carbocycles. The molecule has 0 aliphatic carbocycles. The number of aromatic nitrogens is 1. The molecule has 1 amide bonds. The van der Waals surface area contributed by atoms with Gasteiger partial charge < -0.3 is 11.1 Å². The summed E-state index contributed by atoms with van der Waals surface area (Å²) in [5.74, 6) is 5.49. The van der Waals surface area contributed by atoms with E-state index in [-0.39, 0.29) is 5.91 Å². The second kappa shape index (κ2) is 6.34. The van der Waals surface area contributed by atoms with Crippen LogP contribution in [0.2, 0.25) is 0 Å². The van der Waals surface area contributed by atoms with Gasteiger partial charge in [0.05, 0.1) is 12.1 Å². The van der Waals surface area contributed by atoms with Gasteiger partial charge in [-0.2, -0.15) is 0 Å². The predicted octanol–water partition coefficient (Wildman–Crippen LogP) is 1.64. The molecular weight excluding hydrogens is 238 g/mol. The van der Waals surface area contributed by atoms with Gasteiger partial charge in [0, 0.05) is 23.6 Å². The van der Waals surface area contributed by atoms with Crippen LogP contribution in [0.5, 0.6) is 0 Å². The van der Waals surface area contributed by atoms with Gasteiger partial charge in [-0.3, -0.25) is 9.78 Å². The first-order valence-corrected chi connectivity index (χ1v) is 5.80. The zero-order valence-electron chi connectivity index (χ0n) is 10.3. The van der Waals surface area contributed by atoms with Crippen LogP contribution in [0.25, 0.3) is 0 Å². The fourth-order valence-corrected chi connectivity index (χ4v) is 1.53. The van der Waals surface area contributed by atoms with Crippen molar-refractivity contribution in [2.45, 2.75) is 0 Å². The summed E-state index contributed by atoms with van der Waals surface area (Å²) in [6, 6.07) is 10.7. The number of anilines is 1. The van der Waals surface area contributed by atoms with Crippen molar-refractivity contribution in [3.8, 4) is 11.8 Å². The summed E-state index contributed by atoms with van der Waals surface area (Å²) in [5.41, 5.74) is 7.34. The minimum absolute atomic E-state index is 0.197. The molecule has 3 N–H and O–H groups in total. The molecule has 0 radical (unpaired) electrons. The Morgan fingerprint density at radius 3 is 2.95 bits per heavy atom. The molecule has 4 nitrogen and oxygen atoms in total. The second-order valence-electron chi connectivity index (χ2n) is 3.78. The van der Waals surface area contributed by atoms with Crippen molar-refractivity contribution in [3.05, 3.63) is 59.9 Å². The van der Waals surface area contributed by atoms with Gasteiger partial charge in [0.15, 0.2) is 0 Å². The first-order chi connectivity index (χ1) is 9.29. The second-order valence-corrected chi connectivity index (χ2v) is 3.78. The molecule has 0 saturated carbocycles. The average molecular weight is 251 g/mol. The van der Waals surface area contributed by atoms with Crippen LogP contribution in [0.15, 0.2) is 48.8 Å². The normalized spacial score (nSPS) is 9.32. The summed E-state index contributed by atoms with van der Waals surface area (Å²) in [6.45, 7) is 0.312. The Morgan fingerprint density at radius 2 is 2.21 bits per heavy atom. The summed E-state index contributed by atoms with van der Waals surface area (Å²) in [6.07, 6.45) is 3.15. The van der Waals surface area contributed by atoms with Gasteiger partial charge in [0.1, 0.15) is 0 Å². The van der Waals surface area contributed by atoms with Gasteiger partial charge in [0.2, 0.25) is 0 Å². The highest BCUT2D eigenvalue weighted by molar-refractivity contribution is 6.04. The molecule has 0 spiro atoms. The smallest absolute Gasteiger partial charge is 0.257 e. The van der Waals surface area contributed by atoms with E-state index < -0.39 is 0 Å². The Kier molecular flexibility index (Phi) is 4.27. The lowest BCUT2D eigenvalue weighted by Crippen LogP contribution is -2.11. The first kappa shape index (κ1) is 12.8. The highest BCUT2D eigenvalue weighted by Crippen LogP contribution is 2.11. The summed E-state index contributed by atoms with van der Waals surface area (Å²) in [4.78, 5) is 15.8. The third-order valence-corrected chi connectivity index (χ3v) is 2.38. The quantitative estimate of drug-likeness (QED) is 0.797. The van der Waals surface area contributed by atoms with Crippen molar-refractivity contribution in [1.82, 2.24) is 4.98 Å². The fourth-order valence-electron chi connectivity index (χ4n) is 1.53. The van der Waals surface area contributed by atoms with E-state index in [1.165, 1.54) is 6.20 Å². The number of benzene rings is 1. The van der Waals surface area contributed by atoms with E-state index in [9.17, 15) is 4.79 Å². The molecule has 4 heteroatoms. The van der Waals surface area contributed by atoms with Crippen molar-refractivity contribution < 1.29 is 4.79 Å². The molecule has 0 bridgehead atoms. The Labute approximate surface area is 111 Å². The standard InChI is InChI=1S/C15H13N3O/c16-8-2-5-12-4-1-7-14(10-12)18-15(19)13-6-3-9-17-11-13/h1,3-4,6-7,9-11H,8,16H2,(H,18,19). The predicted molar refractivity (Wildman–Crippen MR) is 74.6 cm³/mol. The highest BCUT2D eigenvalue weighted by atomic mass is 16.1. The Morgan fingerprint density at radius 1 is 1.32 bits per heavy atom. The molecule has 0 unspecified atom stereocenters. The van der Waals surface area contributed by atoms with Crippen LogP contribution in [0.1, 0.15) is 15.9 Å². The molecule has 0 fully saturated rings. The molecule has 0 saturated heterocycles. The minimum atomic E-state index is -0.197. The average Bonchev–Trinajstić information content (AvgIpc) is 2.46. The summed E-state index contributed by atoms with van der Waals surface area (Å²) in [5, 5.41) is 2.80. The van der Waals surface area contributed by atoms with Crippen molar-refractivity contribution >= 4 is 11.6 Å². The first-order valence-electron chi connectivity index (χ1n) is 5.80. The third kappa shape index (κ3) is 3.66. The maximum atomic E-state index is 11.9. The van der Waals surface area contributed by atoms with Crippen LogP contribution >= 0.6 is 0 Å². The lowest BCUT2D eigenvalue weighted by molar-refractivity contribution is 0.102. The van der Waals surface area contributed by atoms with Crippen LogP contribution < -0.4 is 11.1 Å². The number of carbonyl (C=O) groups excluding carboxylic acids is 1. The zero-order valence-corrected chi connectivity index (χ0v) is 10.3. The summed E-state index contributed by atoms with van der Waals surface area (Å²) in [7, 11) is 0. The molecule has 0 atom stereocenters. The van der Waals surface area contributed by atoms with Crippen LogP contribution in [-0.4, -0.2) is 17.4 Å². The topological polar surface area (TPSA) is 68.0 Å². The molecule has 94 valence electrons. The van der Waals surface area contributed by atoms with Crippen LogP contribution in [0.4, 0.5) is 5.69 Å². The van der Waals surface area contributed by atoms with E-state index in [1.54, 1.807) is 24.4 Å². The Balaban J connectivity index is 2.13. The number of amides is 1. The van der Waals surface area contributed by atoms with E-state index >= 15 is 0 Å². The van der Waals surface area contributed by atoms with Crippen LogP contribution in [0, 0.1) is 11.8 Å². The molecule has 19 heavy (non-hydrogen) atoms. The SMILES string of the molecule is NCC#Cc1cccc(NC(=O)c2cccnc2)c1. The van der Waals surface area contributed by atoms with Gasteiger partial charge in [-0.25, -0.2) is 0 Å². The van der Waals surface area contributed by atoms with Crippen molar-refractivity contribution in [3.63, 3.8) is 0 Å². The maximum Gasteiger partial charge on any atom is 0.257 e. The third-order valence-electron chi connectivity index (χ3n) is 2.38. The van der Waals surface area contributed by atoms with Gasteiger partial charge in [-0.15, -0.1) is 0 Å². The molecular formula is C15H13N3O. The van der Waals surface area contributed by atoms with Gasteiger partial charge in [-0.05, 0) is 30.3 Å². The van der Waals surface area contributed by atoms with Crippen LogP contribution in [0.3, 0.4) is 0 Å². The van der Waals surface area contributed by atoms with Crippen molar-refractivity contribution in [2.75, 3.05) is 11.9 Å². The number of nitrogens with two attached hydrogens (primary N) is 1. The van der Waals surface area contributed by atoms with Crippen LogP contribution in [-0.2, 0) is 0 Å². The molecule has 2 aromatic rings. The molecule has 1 heterocycles. The van der Waals surface area contributed by atoms with Gasteiger partial charge in [0.25, 0.3) is 5.91 Å². The van der Waals surface area contributed by atoms with E-state index in [2.05, 4.69) is 22.1 Å². The Hall–Kier alpha value is -2.64. The minimum Gasteiger partial charge on any atom is -0.322 e. The number of rotatable bonds is 2. The maximum absolute atomic E-state index is 11.9. The number of hydrogen-bond donors (Lipinski definition) is 2. The lowest BCUT2D eigenvalue weighted by atomic mass is 10.2. The summed E-state index contributed by atoms with van der Waals surface area (Å²) >= 11 is 0. The highest BCUT2D eigenvalue weighted by Gasteiger charge is 2.05. The van der Waals surface area contributed by atoms with E-state index in [0.717, 1.165) is 5.56 Å². The van der Waals surface area contributed by atoms with Crippen molar-refractivity contribution in [2.24, 2.45) is 5.73 Å². The van der Waals surface area contributed by atoms with Gasteiger partial charge in [-0.1, -0.05) is 17.9 Å². The summed E-state index contributed by atoms with van der Waals surface area (Å²) < 4.78 is 0. The van der Waals surface area contributed by atoms with E-state index in [1.807, 2.05) is 18.2 Å². The largest absolute Gasteiger partial charge is 0.322 e. The van der Waals surface area contributed by atoms with Gasteiger partial charge >= 0.3 is 0 Å². The monoisotopic (exact) mass is 251 g/mol. The fraction of sp³-hybridized carbons (Fsp3) is 0.0667. The lowest BCUT2D eigenvalue weighted by Gasteiger charge is -2.05.